The van der Waals surface area contributed by atoms with Crippen molar-refractivity contribution in [3.05, 3.63) is 106 Å². The van der Waals surface area contributed by atoms with E-state index in [1.165, 1.54) is 6.07 Å². The lowest BCUT2D eigenvalue weighted by molar-refractivity contribution is -0.384. The van der Waals surface area contributed by atoms with Gasteiger partial charge in [-0.3, -0.25) is 14.9 Å². The zero-order chi connectivity index (χ0) is 27.4. The van der Waals surface area contributed by atoms with Crippen molar-refractivity contribution in [2.24, 2.45) is 0 Å². The number of methoxy groups -OCH3 is 1. The summed E-state index contributed by atoms with van der Waals surface area (Å²) in [4.78, 5) is 24.5. The number of rotatable bonds is 10. The zero-order valence-electron chi connectivity index (χ0n) is 22.3. The summed E-state index contributed by atoms with van der Waals surface area (Å²) in [6, 6.07) is 22.6. The van der Waals surface area contributed by atoms with Gasteiger partial charge in [0.25, 0.3) is 5.69 Å². The number of carbonyl (C=O) groups excluding carboxylic acids is 1. The number of benzene rings is 3. The van der Waals surface area contributed by atoms with Gasteiger partial charge < -0.3 is 19.4 Å². The highest BCUT2D eigenvalue weighted by Gasteiger charge is 2.31. The Kier molecular flexibility index (Phi) is 7.65. The van der Waals surface area contributed by atoms with Crippen molar-refractivity contribution in [3.63, 3.8) is 0 Å². The van der Waals surface area contributed by atoms with Gasteiger partial charge in [0.05, 0.1) is 17.6 Å². The Balaban J connectivity index is 1.51. The van der Waals surface area contributed by atoms with Crippen molar-refractivity contribution in [3.8, 4) is 5.75 Å². The summed E-state index contributed by atoms with van der Waals surface area (Å²) in [5.74, 6) is 0.310. The summed E-state index contributed by atoms with van der Waals surface area (Å²) < 4.78 is 13.3. The molecule has 1 amide bonds. The van der Waals surface area contributed by atoms with E-state index in [0.717, 1.165) is 46.2 Å². The second kappa shape index (κ2) is 11.3. The summed E-state index contributed by atoms with van der Waals surface area (Å²) in [5, 5.41) is 15.7. The molecule has 202 valence electrons. The molecule has 0 unspecified atom stereocenters. The number of nitrogens with one attached hydrogen (secondary N) is 1. The van der Waals surface area contributed by atoms with Crippen LogP contribution in [0.2, 0.25) is 0 Å². The average Bonchev–Trinajstić information content (AvgIpc) is 3.55. The molecule has 1 aromatic heterocycles. The molecule has 3 aromatic carbocycles. The van der Waals surface area contributed by atoms with Gasteiger partial charge in [0.2, 0.25) is 5.91 Å². The topological polar surface area (TPSA) is 95.6 Å². The summed E-state index contributed by atoms with van der Waals surface area (Å²) in [6.07, 6.45) is 4.12. The maximum absolute atomic E-state index is 13.3. The van der Waals surface area contributed by atoms with Gasteiger partial charge in [-0.25, -0.2) is 0 Å². The predicted molar refractivity (Wildman–Crippen MR) is 150 cm³/mol. The van der Waals surface area contributed by atoms with E-state index >= 15 is 0 Å². The lowest BCUT2D eigenvalue weighted by Crippen LogP contribution is -2.40. The van der Waals surface area contributed by atoms with Gasteiger partial charge in [-0.05, 0) is 54.7 Å². The molecule has 1 aliphatic heterocycles. The van der Waals surface area contributed by atoms with Crippen LogP contribution in [0.15, 0.2) is 79.0 Å². The lowest BCUT2D eigenvalue weighted by atomic mass is 9.87. The first-order valence-electron chi connectivity index (χ1n) is 13.2. The monoisotopic (exact) mass is 527 g/mol. The molecular weight excluding hydrogens is 494 g/mol. The fourth-order valence-electron chi connectivity index (χ4n) is 5.39. The maximum atomic E-state index is 13.3. The van der Waals surface area contributed by atoms with Gasteiger partial charge >= 0.3 is 0 Å². The van der Waals surface area contributed by atoms with E-state index in [-0.39, 0.29) is 29.5 Å². The van der Waals surface area contributed by atoms with Crippen molar-refractivity contribution in [2.45, 2.75) is 44.2 Å². The molecule has 0 aliphatic carbocycles. The Bertz CT molecular complexity index is 1470. The third kappa shape index (κ3) is 5.96. The van der Waals surface area contributed by atoms with E-state index in [1.54, 1.807) is 19.2 Å². The molecule has 0 radical (unpaired) electrons. The summed E-state index contributed by atoms with van der Waals surface area (Å²) in [5.41, 5.74) is 3.48. The first-order chi connectivity index (χ1) is 18.8. The van der Waals surface area contributed by atoms with Gasteiger partial charge in [-0.2, -0.15) is 0 Å². The molecule has 8 heteroatoms. The molecule has 1 N–H and O–H groups in total. The van der Waals surface area contributed by atoms with Crippen LogP contribution in [0, 0.1) is 10.1 Å². The van der Waals surface area contributed by atoms with Crippen LogP contribution in [0.25, 0.3) is 10.9 Å². The minimum Gasteiger partial charge on any atom is -0.497 e. The molecule has 5 rings (SSSR count). The van der Waals surface area contributed by atoms with E-state index in [4.69, 9.17) is 9.47 Å². The number of amides is 1. The van der Waals surface area contributed by atoms with Gasteiger partial charge in [0.15, 0.2) is 0 Å². The van der Waals surface area contributed by atoms with Crippen LogP contribution in [0.5, 0.6) is 5.75 Å². The normalized spacial score (nSPS) is 17.7. The molecule has 0 saturated carbocycles. The van der Waals surface area contributed by atoms with Gasteiger partial charge in [0, 0.05) is 61.3 Å². The SMILES string of the molecule is COc1ccc(Cn2cc([C@H](CC(=O)NC[C@@]3(C)CCCO3)c3cccc([N+](=O)[O-])c3)c3ccccc32)cc1. The van der Waals surface area contributed by atoms with Crippen LogP contribution < -0.4 is 10.1 Å². The molecule has 2 atom stereocenters. The number of nitro benzene ring substituents is 1. The van der Waals surface area contributed by atoms with Crippen LogP contribution in [-0.4, -0.2) is 41.3 Å². The van der Waals surface area contributed by atoms with E-state index in [9.17, 15) is 14.9 Å². The number of carbonyl (C=O) groups is 1. The number of ether oxygens (including phenoxy) is 2. The number of hydrogen-bond donors (Lipinski definition) is 1. The van der Waals surface area contributed by atoms with Crippen molar-refractivity contribution in [2.75, 3.05) is 20.3 Å². The zero-order valence-corrected chi connectivity index (χ0v) is 22.3. The fourth-order valence-corrected chi connectivity index (χ4v) is 5.39. The summed E-state index contributed by atoms with van der Waals surface area (Å²) >= 11 is 0. The molecule has 0 bridgehead atoms. The Hall–Kier alpha value is -4.17. The second-order valence-electron chi connectivity index (χ2n) is 10.4. The van der Waals surface area contributed by atoms with Crippen molar-refractivity contribution < 1.29 is 19.2 Å². The number of aromatic nitrogens is 1. The third-order valence-electron chi connectivity index (χ3n) is 7.54. The van der Waals surface area contributed by atoms with E-state index in [0.29, 0.717) is 19.7 Å². The third-order valence-corrected chi connectivity index (χ3v) is 7.54. The number of nitro groups is 1. The number of fused-ring (bicyclic) bond motifs is 1. The Morgan fingerprint density at radius 1 is 1.15 bits per heavy atom. The van der Waals surface area contributed by atoms with Gasteiger partial charge in [-0.1, -0.05) is 42.5 Å². The van der Waals surface area contributed by atoms with Crippen molar-refractivity contribution in [1.29, 1.82) is 0 Å². The van der Waals surface area contributed by atoms with Crippen LogP contribution in [0.4, 0.5) is 5.69 Å². The first-order valence-corrected chi connectivity index (χ1v) is 13.2. The molecular formula is C31H33N3O5. The lowest BCUT2D eigenvalue weighted by Gasteiger charge is -2.24. The number of para-hydroxylation sites is 1. The van der Waals surface area contributed by atoms with Crippen molar-refractivity contribution >= 4 is 22.5 Å². The fraction of sp³-hybridized carbons (Fsp3) is 0.323. The Labute approximate surface area is 227 Å². The minimum absolute atomic E-state index is 0.00625. The summed E-state index contributed by atoms with van der Waals surface area (Å²) in [6.45, 7) is 3.79. The standard InChI is InChI=1S/C31H33N3O5/c1-31(15-6-16-39-31)21-32-30(35)18-27(23-7-5-8-24(17-23)34(36)37)28-20-33(29-10-4-3-9-26(28)29)19-22-11-13-25(38-2)14-12-22/h3-5,7-14,17,20,27H,6,15-16,18-19,21H2,1-2H3,(H,32,35)/t27-,31-/m1/s1. The van der Waals surface area contributed by atoms with E-state index in [1.807, 2.05) is 55.5 Å². The quantitative estimate of drug-likeness (QED) is 0.207. The molecule has 0 spiro atoms. The van der Waals surface area contributed by atoms with Crippen LogP contribution in [0.3, 0.4) is 0 Å². The first kappa shape index (κ1) is 26.4. The molecule has 1 aliphatic rings. The molecule has 1 saturated heterocycles. The van der Waals surface area contributed by atoms with Crippen LogP contribution in [-0.2, 0) is 16.1 Å². The van der Waals surface area contributed by atoms with Gasteiger partial charge in [-0.15, -0.1) is 0 Å². The number of nitrogens with zero attached hydrogens (tertiary/aromatic N) is 2. The molecule has 2 heterocycles. The number of hydrogen-bond acceptors (Lipinski definition) is 5. The highest BCUT2D eigenvalue weighted by molar-refractivity contribution is 5.87. The Morgan fingerprint density at radius 3 is 2.67 bits per heavy atom. The molecule has 39 heavy (non-hydrogen) atoms. The van der Waals surface area contributed by atoms with Gasteiger partial charge in [0.1, 0.15) is 5.75 Å². The van der Waals surface area contributed by atoms with Crippen molar-refractivity contribution in [1.82, 2.24) is 9.88 Å². The smallest absolute Gasteiger partial charge is 0.269 e. The maximum Gasteiger partial charge on any atom is 0.269 e. The second-order valence-corrected chi connectivity index (χ2v) is 10.4. The molecule has 1 fully saturated rings. The van der Waals surface area contributed by atoms with E-state index < -0.39 is 4.92 Å². The highest BCUT2D eigenvalue weighted by Crippen LogP contribution is 2.36. The summed E-state index contributed by atoms with van der Waals surface area (Å²) in [7, 11) is 1.64. The predicted octanol–water partition coefficient (Wildman–Crippen LogP) is 5.81. The largest absolute Gasteiger partial charge is 0.497 e. The minimum atomic E-state index is -0.397. The Morgan fingerprint density at radius 2 is 1.95 bits per heavy atom. The van der Waals surface area contributed by atoms with Crippen LogP contribution in [0.1, 0.15) is 48.8 Å². The molecule has 4 aromatic rings. The van der Waals surface area contributed by atoms with E-state index in [2.05, 4.69) is 22.1 Å². The molecule has 8 nitrogen and oxygen atoms in total. The number of non-ortho nitro benzene ring substituents is 1. The van der Waals surface area contributed by atoms with Crippen LogP contribution >= 0.6 is 0 Å². The highest BCUT2D eigenvalue weighted by atomic mass is 16.6. The average molecular weight is 528 g/mol.